The number of ether oxygens (including phenoxy) is 1. The first-order valence-electron chi connectivity index (χ1n) is 7.67. The molecular formula is C16H14BrClN2O4. The number of halogens is 2. The molecule has 2 bridgehead atoms. The van der Waals surface area contributed by atoms with Crippen LogP contribution in [0.25, 0.3) is 0 Å². The number of alkyl halides is 1. The second-order valence-corrected chi connectivity index (χ2v) is 7.90. The number of carbonyl (C=O) groups excluding carboxylic acids is 3. The monoisotopic (exact) mass is 412 g/mol. The second kappa shape index (κ2) is 5.74. The third-order valence-corrected chi connectivity index (χ3v) is 6.68. The summed E-state index contributed by atoms with van der Waals surface area (Å²) in [5.41, 5.74) is 5.22. The largest absolute Gasteiger partial charge is 0.461 e. The molecule has 2 N–H and O–H groups in total. The number of fused-ring (bicyclic) bond motifs is 1. The van der Waals surface area contributed by atoms with E-state index in [4.69, 9.17) is 16.3 Å². The van der Waals surface area contributed by atoms with E-state index < -0.39 is 17.7 Å². The minimum atomic E-state index is -0.476. The molecule has 6 nitrogen and oxygen atoms in total. The van der Waals surface area contributed by atoms with Crippen molar-refractivity contribution >= 4 is 45.3 Å². The van der Waals surface area contributed by atoms with Crippen molar-refractivity contribution in [2.45, 2.75) is 17.4 Å². The van der Waals surface area contributed by atoms with Gasteiger partial charge in [0.15, 0.2) is 0 Å². The van der Waals surface area contributed by atoms with Gasteiger partial charge in [-0.25, -0.2) is 0 Å². The number of amides is 2. The number of hydrogen-bond donors (Lipinski definition) is 2. The molecule has 4 rings (SSSR count). The highest BCUT2D eigenvalue weighted by atomic mass is 79.9. The molecule has 2 aliphatic carbocycles. The van der Waals surface area contributed by atoms with Gasteiger partial charge >= 0.3 is 5.97 Å². The summed E-state index contributed by atoms with van der Waals surface area (Å²) in [5.74, 6) is -1.84. The highest BCUT2D eigenvalue weighted by Crippen LogP contribution is 2.59. The number of esters is 1. The Morgan fingerprint density at radius 3 is 2.58 bits per heavy atom. The zero-order valence-electron chi connectivity index (χ0n) is 12.4. The van der Waals surface area contributed by atoms with Crippen molar-refractivity contribution < 1.29 is 19.1 Å². The molecule has 1 saturated heterocycles. The van der Waals surface area contributed by atoms with Gasteiger partial charge in [0.2, 0.25) is 5.91 Å². The fourth-order valence-electron chi connectivity index (χ4n) is 4.21. The summed E-state index contributed by atoms with van der Waals surface area (Å²) in [6, 6.07) is 6.32. The SMILES string of the molecule is O=C(NNC(=O)[C@@H]1[C@H]2C[C@H]3[C@H](OC(=O)[C@H]31)[C@H]2Br)c1ccc(Cl)cc1. The molecule has 0 radical (unpaired) electrons. The fourth-order valence-corrected chi connectivity index (χ4v) is 5.38. The van der Waals surface area contributed by atoms with Crippen LogP contribution in [0.1, 0.15) is 16.8 Å². The maximum Gasteiger partial charge on any atom is 0.310 e. The van der Waals surface area contributed by atoms with Crippen LogP contribution in [0.3, 0.4) is 0 Å². The lowest BCUT2D eigenvalue weighted by Gasteiger charge is -2.27. The Morgan fingerprint density at radius 1 is 1.17 bits per heavy atom. The molecule has 3 fully saturated rings. The maximum absolute atomic E-state index is 12.5. The van der Waals surface area contributed by atoms with Crippen LogP contribution in [0.4, 0.5) is 0 Å². The van der Waals surface area contributed by atoms with Crippen molar-refractivity contribution in [3.05, 3.63) is 34.9 Å². The van der Waals surface area contributed by atoms with E-state index in [1.807, 2.05) is 0 Å². The second-order valence-electron chi connectivity index (χ2n) is 6.41. The minimum Gasteiger partial charge on any atom is -0.461 e. The summed E-state index contributed by atoms with van der Waals surface area (Å²) in [5, 5.41) is 0.523. The highest BCUT2D eigenvalue weighted by Gasteiger charge is 2.67. The van der Waals surface area contributed by atoms with E-state index >= 15 is 0 Å². The predicted octanol–water partition coefficient (Wildman–Crippen LogP) is 1.67. The molecule has 24 heavy (non-hydrogen) atoms. The quantitative estimate of drug-likeness (QED) is 0.439. The molecule has 1 heterocycles. The van der Waals surface area contributed by atoms with Crippen LogP contribution in [-0.2, 0) is 14.3 Å². The first-order valence-corrected chi connectivity index (χ1v) is 8.97. The normalized spacial score (nSPS) is 35.7. The predicted molar refractivity (Wildman–Crippen MR) is 88.2 cm³/mol. The van der Waals surface area contributed by atoms with E-state index in [1.54, 1.807) is 24.3 Å². The fraction of sp³-hybridized carbons (Fsp3) is 0.438. The van der Waals surface area contributed by atoms with E-state index in [1.165, 1.54) is 0 Å². The number of rotatable bonds is 2. The van der Waals surface area contributed by atoms with Gasteiger partial charge in [-0.1, -0.05) is 27.5 Å². The van der Waals surface area contributed by atoms with Gasteiger partial charge < -0.3 is 4.74 Å². The summed E-state index contributed by atoms with van der Waals surface area (Å²) >= 11 is 9.33. The molecule has 1 aliphatic heterocycles. The van der Waals surface area contributed by atoms with Crippen molar-refractivity contribution in [3.63, 3.8) is 0 Å². The average Bonchev–Trinajstić information content (AvgIpc) is 3.17. The Kier molecular flexibility index (Phi) is 3.80. The van der Waals surface area contributed by atoms with E-state index in [0.717, 1.165) is 6.42 Å². The van der Waals surface area contributed by atoms with Gasteiger partial charge in [-0.2, -0.15) is 0 Å². The van der Waals surface area contributed by atoms with Crippen molar-refractivity contribution in [2.24, 2.45) is 23.7 Å². The molecule has 0 aromatic heterocycles. The van der Waals surface area contributed by atoms with Crippen LogP contribution >= 0.6 is 27.5 Å². The molecule has 126 valence electrons. The highest BCUT2D eigenvalue weighted by molar-refractivity contribution is 9.09. The average molecular weight is 414 g/mol. The number of hydrazine groups is 1. The number of hydrogen-bond acceptors (Lipinski definition) is 4. The lowest BCUT2D eigenvalue weighted by molar-refractivity contribution is -0.146. The van der Waals surface area contributed by atoms with Gasteiger partial charge in [0.25, 0.3) is 5.91 Å². The molecule has 0 unspecified atom stereocenters. The van der Waals surface area contributed by atoms with Gasteiger partial charge in [0.05, 0.1) is 16.7 Å². The lowest BCUT2D eigenvalue weighted by Crippen LogP contribution is -2.49. The first kappa shape index (κ1) is 15.9. The van der Waals surface area contributed by atoms with Crippen LogP contribution in [0.2, 0.25) is 5.02 Å². The molecule has 8 heteroatoms. The maximum atomic E-state index is 12.5. The van der Waals surface area contributed by atoms with Crippen LogP contribution in [0.15, 0.2) is 24.3 Å². The summed E-state index contributed by atoms with van der Waals surface area (Å²) in [4.78, 5) is 36.6. The third-order valence-electron chi connectivity index (χ3n) is 5.23. The van der Waals surface area contributed by atoms with Crippen LogP contribution in [-0.4, -0.2) is 28.7 Å². The van der Waals surface area contributed by atoms with Gasteiger partial charge in [-0.05, 0) is 36.6 Å². The zero-order valence-corrected chi connectivity index (χ0v) is 14.7. The summed E-state index contributed by atoms with van der Waals surface area (Å²) in [6.07, 6.45) is 0.667. The van der Waals surface area contributed by atoms with Crippen molar-refractivity contribution in [1.29, 1.82) is 0 Å². The van der Waals surface area contributed by atoms with E-state index in [9.17, 15) is 14.4 Å². The van der Waals surface area contributed by atoms with E-state index in [0.29, 0.717) is 10.6 Å². The molecule has 3 aliphatic rings. The van der Waals surface area contributed by atoms with E-state index in [-0.39, 0.29) is 34.6 Å². The molecule has 2 saturated carbocycles. The molecular weight excluding hydrogens is 400 g/mol. The third kappa shape index (κ3) is 2.33. The van der Waals surface area contributed by atoms with Gasteiger partial charge in [0, 0.05) is 16.5 Å². The Morgan fingerprint density at radius 2 is 1.88 bits per heavy atom. The van der Waals surface area contributed by atoms with Crippen LogP contribution in [0, 0.1) is 23.7 Å². The van der Waals surface area contributed by atoms with E-state index in [2.05, 4.69) is 26.8 Å². The lowest BCUT2D eigenvalue weighted by atomic mass is 9.79. The Bertz CT molecular complexity index is 725. The van der Waals surface area contributed by atoms with Gasteiger partial charge in [-0.15, -0.1) is 0 Å². The Balaban J connectivity index is 1.43. The first-order chi connectivity index (χ1) is 11.5. The molecule has 2 amide bonds. The van der Waals surface area contributed by atoms with Gasteiger partial charge in [0.1, 0.15) is 6.10 Å². The number of carbonyl (C=O) groups is 3. The summed E-state index contributed by atoms with van der Waals surface area (Å²) in [7, 11) is 0. The van der Waals surface area contributed by atoms with Gasteiger partial charge in [-0.3, -0.25) is 25.2 Å². The smallest absolute Gasteiger partial charge is 0.310 e. The van der Waals surface area contributed by atoms with Crippen molar-refractivity contribution in [3.8, 4) is 0 Å². The zero-order chi connectivity index (χ0) is 17.0. The molecule has 1 aromatic rings. The summed E-state index contributed by atoms with van der Waals surface area (Å²) < 4.78 is 5.37. The molecule has 0 spiro atoms. The molecule has 6 atom stereocenters. The van der Waals surface area contributed by atoms with Crippen molar-refractivity contribution in [2.75, 3.05) is 0 Å². The number of nitrogens with one attached hydrogen (secondary N) is 2. The standard InChI is InChI=1S/C16H14BrClN2O4/c17-12-8-5-9-11(16(23)24-13(9)12)10(8)15(22)20-19-14(21)6-1-3-7(18)4-2-6/h1-4,8-13H,5H2,(H,19,21)(H,20,22)/t8-,9-,10-,11-,12+,13+/m1/s1. The Labute approximate surface area is 151 Å². The number of benzene rings is 1. The molecule has 1 aromatic carbocycles. The van der Waals surface area contributed by atoms with Crippen LogP contribution < -0.4 is 10.9 Å². The minimum absolute atomic E-state index is 0.00656. The Hall–Kier alpha value is -1.60. The van der Waals surface area contributed by atoms with Crippen LogP contribution in [0.5, 0.6) is 0 Å². The van der Waals surface area contributed by atoms with Crippen molar-refractivity contribution in [1.82, 2.24) is 10.9 Å². The summed E-state index contributed by atoms with van der Waals surface area (Å²) in [6.45, 7) is 0. The topological polar surface area (TPSA) is 84.5 Å².